The quantitative estimate of drug-likeness (QED) is 0.575. The molecule has 2 aliphatic rings. The molecule has 0 saturated carbocycles. The average Bonchev–Trinajstić information content (AvgIpc) is 2.87. The third kappa shape index (κ3) is 6.01. The van der Waals surface area contributed by atoms with E-state index in [9.17, 15) is 9.59 Å². The van der Waals surface area contributed by atoms with Gasteiger partial charge < -0.3 is 9.80 Å². The molecule has 0 radical (unpaired) electrons. The number of nitriles is 1. The highest BCUT2D eigenvalue weighted by atomic mass is 35.5. The van der Waals surface area contributed by atoms with Crippen LogP contribution in [0.15, 0.2) is 30.5 Å². The number of piperazine rings is 1. The molecule has 0 bridgehead atoms. The number of hydrogen-bond acceptors (Lipinski definition) is 5. The Morgan fingerprint density at radius 1 is 1.11 bits per heavy atom. The molecule has 7 nitrogen and oxygen atoms in total. The first-order valence-electron chi connectivity index (χ1n) is 12.3. The standard InChI is InChI=1S/C27H32ClN5O2/c1-19-17-31(10-11-33(19)27(35)32-8-4-3-5-9-32)18-23-13-24(28)12-22(20(23)2)14-26(34)21-6-7-25(15-29)30-16-21/h6-7,12-13,16,19H,3-5,8-11,14,17-18H2,1-2H3/t19-/m0/s1. The van der Waals surface area contributed by atoms with Gasteiger partial charge in [0, 0.05) is 68.5 Å². The van der Waals surface area contributed by atoms with Gasteiger partial charge in [-0.15, -0.1) is 0 Å². The number of piperidine rings is 1. The first-order chi connectivity index (χ1) is 16.9. The number of rotatable bonds is 5. The second kappa shape index (κ2) is 11.2. The molecule has 0 spiro atoms. The molecular formula is C27H32ClN5O2. The van der Waals surface area contributed by atoms with E-state index in [0.717, 1.165) is 62.3 Å². The summed E-state index contributed by atoms with van der Waals surface area (Å²) in [5.74, 6) is -0.0585. The number of hydrogen-bond donors (Lipinski definition) is 0. The van der Waals surface area contributed by atoms with Crippen molar-refractivity contribution in [2.24, 2.45) is 0 Å². The van der Waals surface area contributed by atoms with E-state index in [2.05, 4.69) is 16.8 Å². The highest BCUT2D eigenvalue weighted by molar-refractivity contribution is 6.30. The van der Waals surface area contributed by atoms with Gasteiger partial charge in [-0.1, -0.05) is 11.6 Å². The Bertz CT molecular complexity index is 1120. The van der Waals surface area contributed by atoms with Gasteiger partial charge >= 0.3 is 6.03 Å². The molecule has 2 aromatic rings. The maximum Gasteiger partial charge on any atom is 0.320 e. The number of carbonyl (C=O) groups excluding carboxylic acids is 2. The highest BCUT2D eigenvalue weighted by Crippen LogP contribution is 2.25. The van der Waals surface area contributed by atoms with Crippen LogP contribution in [-0.2, 0) is 13.0 Å². The van der Waals surface area contributed by atoms with Crippen molar-refractivity contribution in [3.8, 4) is 6.07 Å². The van der Waals surface area contributed by atoms with Crippen molar-refractivity contribution in [2.45, 2.75) is 52.1 Å². The Morgan fingerprint density at radius 2 is 1.86 bits per heavy atom. The summed E-state index contributed by atoms with van der Waals surface area (Å²) in [6, 6.07) is 9.31. The van der Waals surface area contributed by atoms with E-state index in [1.807, 2.05) is 34.9 Å². The fourth-order valence-corrected chi connectivity index (χ4v) is 5.28. The van der Waals surface area contributed by atoms with Crippen molar-refractivity contribution >= 4 is 23.4 Å². The lowest BCUT2D eigenvalue weighted by Crippen LogP contribution is -2.57. The zero-order chi connectivity index (χ0) is 24.9. The molecule has 2 saturated heterocycles. The number of benzene rings is 1. The second-order valence-electron chi connectivity index (χ2n) is 9.60. The minimum atomic E-state index is -0.0585. The number of amides is 2. The number of halogens is 1. The van der Waals surface area contributed by atoms with E-state index in [1.165, 1.54) is 12.6 Å². The summed E-state index contributed by atoms with van der Waals surface area (Å²) < 4.78 is 0. The van der Waals surface area contributed by atoms with Crippen molar-refractivity contribution < 1.29 is 9.59 Å². The van der Waals surface area contributed by atoms with E-state index in [4.69, 9.17) is 16.9 Å². The van der Waals surface area contributed by atoms with Crippen molar-refractivity contribution in [1.82, 2.24) is 19.7 Å². The van der Waals surface area contributed by atoms with Crippen molar-refractivity contribution in [3.63, 3.8) is 0 Å². The van der Waals surface area contributed by atoms with E-state index in [0.29, 0.717) is 17.1 Å². The molecule has 35 heavy (non-hydrogen) atoms. The van der Waals surface area contributed by atoms with Crippen molar-refractivity contribution in [2.75, 3.05) is 32.7 Å². The Hall–Kier alpha value is -2.95. The molecule has 2 amide bonds. The Labute approximate surface area is 212 Å². The zero-order valence-corrected chi connectivity index (χ0v) is 21.2. The minimum absolute atomic E-state index is 0.0585. The minimum Gasteiger partial charge on any atom is -0.325 e. The summed E-state index contributed by atoms with van der Waals surface area (Å²) >= 11 is 6.45. The third-order valence-electron chi connectivity index (χ3n) is 7.12. The van der Waals surface area contributed by atoms with Crippen LogP contribution in [-0.4, -0.2) is 70.3 Å². The van der Waals surface area contributed by atoms with Crippen LogP contribution in [0.2, 0.25) is 5.02 Å². The number of nitrogens with zero attached hydrogens (tertiary/aromatic N) is 5. The van der Waals surface area contributed by atoms with Crippen LogP contribution in [0.4, 0.5) is 4.79 Å². The molecule has 0 aliphatic carbocycles. The average molecular weight is 494 g/mol. The van der Waals surface area contributed by atoms with Gasteiger partial charge in [-0.3, -0.25) is 9.69 Å². The number of aromatic nitrogens is 1. The maximum atomic E-state index is 13.0. The van der Waals surface area contributed by atoms with Gasteiger partial charge in [0.25, 0.3) is 0 Å². The molecule has 3 heterocycles. The molecule has 2 aliphatic heterocycles. The number of ketones is 1. The largest absolute Gasteiger partial charge is 0.325 e. The maximum absolute atomic E-state index is 13.0. The number of likely N-dealkylation sites (tertiary alicyclic amines) is 1. The first-order valence-corrected chi connectivity index (χ1v) is 12.7. The van der Waals surface area contributed by atoms with Crippen LogP contribution in [0.1, 0.15) is 58.9 Å². The number of carbonyl (C=O) groups is 2. The van der Waals surface area contributed by atoms with Gasteiger partial charge in [-0.05, 0) is 74.1 Å². The predicted molar refractivity (Wildman–Crippen MR) is 135 cm³/mol. The van der Waals surface area contributed by atoms with Gasteiger partial charge in [0.05, 0.1) is 0 Å². The van der Waals surface area contributed by atoms with Crippen LogP contribution < -0.4 is 0 Å². The second-order valence-corrected chi connectivity index (χ2v) is 10.0. The van der Waals surface area contributed by atoms with Gasteiger partial charge in [-0.25, -0.2) is 9.78 Å². The lowest BCUT2D eigenvalue weighted by Gasteiger charge is -2.42. The normalized spacial score (nSPS) is 18.9. The summed E-state index contributed by atoms with van der Waals surface area (Å²) in [4.78, 5) is 36.2. The number of urea groups is 1. The molecule has 1 atom stereocenters. The Kier molecular flexibility index (Phi) is 8.04. The van der Waals surface area contributed by atoms with Gasteiger partial charge in [-0.2, -0.15) is 5.26 Å². The van der Waals surface area contributed by atoms with Crippen molar-refractivity contribution in [3.05, 3.63) is 63.4 Å². The van der Waals surface area contributed by atoms with Gasteiger partial charge in [0.15, 0.2) is 5.78 Å². The van der Waals surface area contributed by atoms with Crippen molar-refractivity contribution in [1.29, 1.82) is 5.26 Å². The Balaban J connectivity index is 1.41. The molecule has 4 rings (SSSR count). The van der Waals surface area contributed by atoms with Crippen LogP contribution in [0, 0.1) is 18.3 Å². The topological polar surface area (TPSA) is 80.5 Å². The lowest BCUT2D eigenvalue weighted by molar-refractivity contribution is 0.0740. The molecule has 2 fully saturated rings. The third-order valence-corrected chi connectivity index (χ3v) is 7.33. The zero-order valence-electron chi connectivity index (χ0n) is 20.5. The summed E-state index contributed by atoms with van der Waals surface area (Å²) in [7, 11) is 0. The van der Waals surface area contributed by atoms with Gasteiger partial charge in [0.2, 0.25) is 0 Å². The van der Waals surface area contributed by atoms with Crippen LogP contribution >= 0.6 is 11.6 Å². The van der Waals surface area contributed by atoms with Gasteiger partial charge in [0.1, 0.15) is 11.8 Å². The van der Waals surface area contributed by atoms with E-state index < -0.39 is 0 Å². The van der Waals surface area contributed by atoms with E-state index >= 15 is 0 Å². The monoisotopic (exact) mass is 493 g/mol. The molecule has 1 aromatic carbocycles. The van der Waals surface area contributed by atoms with Crippen LogP contribution in [0.25, 0.3) is 0 Å². The van der Waals surface area contributed by atoms with Crippen LogP contribution in [0.5, 0.6) is 0 Å². The fourth-order valence-electron chi connectivity index (χ4n) is 5.01. The predicted octanol–water partition coefficient (Wildman–Crippen LogP) is 4.45. The first kappa shape index (κ1) is 25.2. The SMILES string of the molecule is Cc1c(CC(=O)c2ccc(C#N)nc2)cc(Cl)cc1CN1CCN(C(=O)N2CCCCC2)[C@@H](C)C1. The summed E-state index contributed by atoms with van der Waals surface area (Å²) in [5, 5.41) is 9.52. The molecule has 1 aromatic heterocycles. The van der Waals surface area contributed by atoms with Crippen LogP contribution in [0.3, 0.4) is 0 Å². The fraction of sp³-hybridized carbons (Fsp3) is 0.481. The van der Waals surface area contributed by atoms with E-state index in [-0.39, 0.29) is 30.0 Å². The molecular weight excluding hydrogens is 462 g/mol. The summed E-state index contributed by atoms with van der Waals surface area (Å²) in [6.07, 6.45) is 5.08. The molecule has 0 N–H and O–H groups in total. The number of pyridine rings is 1. The summed E-state index contributed by atoms with van der Waals surface area (Å²) in [5.41, 5.74) is 3.82. The smallest absolute Gasteiger partial charge is 0.320 e. The Morgan fingerprint density at radius 3 is 2.51 bits per heavy atom. The highest BCUT2D eigenvalue weighted by Gasteiger charge is 2.31. The summed E-state index contributed by atoms with van der Waals surface area (Å²) in [6.45, 7) is 8.94. The molecule has 8 heteroatoms. The van der Waals surface area contributed by atoms with E-state index in [1.54, 1.807) is 12.1 Å². The number of Topliss-reactive ketones (excluding diaryl/α,β-unsaturated/α-hetero) is 1. The molecule has 184 valence electrons. The molecule has 0 unspecified atom stereocenters. The lowest BCUT2D eigenvalue weighted by atomic mass is 9.96.